The number of carbonyl (C=O) groups excluding carboxylic acids is 1. The van der Waals surface area contributed by atoms with Crippen LogP contribution in [-0.2, 0) is 14.3 Å². The number of nitrogens with one attached hydrogen (secondary N) is 1. The predicted molar refractivity (Wildman–Crippen MR) is 58.9 cm³/mol. The molecule has 1 saturated heterocycles. The van der Waals surface area contributed by atoms with Crippen LogP contribution in [0.1, 0.15) is 11.6 Å². The van der Waals surface area contributed by atoms with Crippen molar-refractivity contribution in [3.63, 3.8) is 0 Å². The molecule has 4 nitrogen and oxygen atoms in total. The van der Waals surface area contributed by atoms with Gasteiger partial charge in [-0.2, -0.15) is 0 Å². The van der Waals surface area contributed by atoms with E-state index in [1.54, 1.807) is 0 Å². The van der Waals surface area contributed by atoms with Crippen LogP contribution in [0.2, 0.25) is 0 Å². The Labute approximate surface area is 94.6 Å². The monoisotopic (exact) mass is 221 g/mol. The van der Waals surface area contributed by atoms with Gasteiger partial charge in [-0.05, 0) is 5.56 Å². The Hall–Kier alpha value is -1.39. The average Bonchev–Trinajstić information content (AvgIpc) is 2.39. The van der Waals surface area contributed by atoms with Gasteiger partial charge in [0.05, 0.1) is 19.8 Å². The van der Waals surface area contributed by atoms with Crippen molar-refractivity contribution < 1.29 is 14.3 Å². The minimum absolute atomic E-state index is 0.155. The molecule has 0 aliphatic carbocycles. The van der Waals surface area contributed by atoms with Gasteiger partial charge in [-0.1, -0.05) is 30.3 Å². The number of carbonyl (C=O) groups is 1. The van der Waals surface area contributed by atoms with Crippen molar-refractivity contribution in [1.82, 2.24) is 5.32 Å². The number of morpholine rings is 1. The van der Waals surface area contributed by atoms with Gasteiger partial charge in [0.15, 0.2) is 6.10 Å². The van der Waals surface area contributed by atoms with Crippen molar-refractivity contribution in [2.45, 2.75) is 12.1 Å². The molecule has 0 radical (unpaired) electrons. The first-order chi connectivity index (χ1) is 7.81. The van der Waals surface area contributed by atoms with Gasteiger partial charge in [0.1, 0.15) is 0 Å². The molecule has 16 heavy (non-hydrogen) atoms. The molecule has 0 saturated carbocycles. The van der Waals surface area contributed by atoms with Crippen molar-refractivity contribution >= 4 is 5.97 Å². The molecule has 1 N–H and O–H groups in total. The molecule has 1 aliphatic heterocycles. The van der Waals surface area contributed by atoms with Gasteiger partial charge >= 0.3 is 5.97 Å². The van der Waals surface area contributed by atoms with E-state index in [1.165, 1.54) is 12.7 Å². The number of hydrogen-bond donors (Lipinski definition) is 1. The van der Waals surface area contributed by atoms with E-state index in [0.29, 0.717) is 13.2 Å². The molecule has 86 valence electrons. The summed E-state index contributed by atoms with van der Waals surface area (Å²) in [6.07, 6.45) is -0.482. The highest BCUT2D eigenvalue weighted by Gasteiger charge is 2.27. The first kappa shape index (κ1) is 11.1. The zero-order chi connectivity index (χ0) is 11.4. The lowest BCUT2D eigenvalue weighted by molar-refractivity contribution is -0.156. The third-order valence-electron chi connectivity index (χ3n) is 2.68. The molecule has 2 unspecified atom stereocenters. The maximum atomic E-state index is 11.2. The lowest BCUT2D eigenvalue weighted by atomic mass is 10.1. The van der Waals surface area contributed by atoms with Crippen molar-refractivity contribution in [3.8, 4) is 0 Å². The number of esters is 1. The van der Waals surface area contributed by atoms with Crippen LogP contribution in [0, 0.1) is 0 Å². The number of ether oxygens (including phenoxy) is 2. The van der Waals surface area contributed by atoms with Gasteiger partial charge < -0.3 is 14.8 Å². The summed E-state index contributed by atoms with van der Waals surface area (Å²) in [4.78, 5) is 11.2. The Bertz CT molecular complexity index is 345. The molecular formula is C12H15NO3. The van der Waals surface area contributed by atoms with Crippen LogP contribution in [0.4, 0.5) is 0 Å². The molecular weight excluding hydrogens is 206 g/mol. The number of hydrogen-bond acceptors (Lipinski definition) is 4. The summed E-state index contributed by atoms with van der Waals surface area (Å²) in [6.45, 7) is 0.982. The van der Waals surface area contributed by atoms with Gasteiger partial charge in [-0.25, -0.2) is 4.79 Å². The lowest BCUT2D eigenvalue weighted by Crippen LogP contribution is -2.45. The van der Waals surface area contributed by atoms with Crippen molar-refractivity contribution in [2.75, 3.05) is 20.3 Å². The summed E-state index contributed by atoms with van der Waals surface area (Å²) in [7, 11) is 1.37. The van der Waals surface area contributed by atoms with Gasteiger partial charge in [0.25, 0.3) is 0 Å². The highest BCUT2D eigenvalue weighted by Crippen LogP contribution is 2.17. The zero-order valence-electron chi connectivity index (χ0n) is 9.18. The van der Waals surface area contributed by atoms with Crippen LogP contribution in [0.15, 0.2) is 30.3 Å². The quantitative estimate of drug-likeness (QED) is 0.753. The van der Waals surface area contributed by atoms with E-state index in [9.17, 15) is 4.79 Å². The molecule has 4 heteroatoms. The Morgan fingerprint density at radius 3 is 2.75 bits per heavy atom. The Morgan fingerprint density at radius 2 is 2.19 bits per heavy atom. The van der Waals surface area contributed by atoms with Gasteiger partial charge in [-0.3, -0.25) is 0 Å². The second-order valence-electron chi connectivity index (χ2n) is 3.72. The summed E-state index contributed by atoms with van der Waals surface area (Å²) in [6, 6.07) is 10.2. The summed E-state index contributed by atoms with van der Waals surface area (Å²) in [5, 5.41) is 3.27. The summed E-state index contributed by atoms with van der Waals surface area (Å²) < 4.78 is 10.1. The number of benzene rings is 1. The van der Waals surface area contributed by atoms with Crippen LogP contribution < -0.4 is 5.32 Å². The molecule has 1 fully saturated rings. The fourth-order valence-corrected chi connectivity index (χ4v) is 1.76. The van der Waals surface area contributed by atoms with Crippen molar-refractivity contribution in [2.24, 2.45) is 0 Å². The maximum Gasteiger partial charge on any atom is 0.336 e. The SMILES string of the molecule is COC(=O)C1CNC(c2ccccc2)CO1. The molecule has 0 aromatic heterocycles. The molecule has 1 heterocycles. The predicted octanol–water partition coefficient (Wildman–Crippen LogP) is 0.889. The second kappa shape index (κ2) is 5.09. The van der Waals surface area contributed by atoms with Crippen LogP contribution in [-0.4, -0.2) is 32.3 Å². The van der Waals surface area contributed by atoms with Crippen LogP contribution >= 0.6 is 0 Å². The van der Waals surface area contributed by atoms with E-state index in [2.05, 4.69) is 10.1 Å². The topological polar surface area (TPSA) is 47.6 Å². The largest absolute Gasteiger partial charge is 0.467 e. The molecule has 0 amide bonds. The first-order valence-electron chi connectivity index (χ1n) is 5.29. The minimum atomic E-state index is -0.482. The third-order valence-corrected chi connectivity index (χ3v) is 2.68. The van der Waals surface area contributed by atoms with E-state index in [-0.39, 0.29) is 12.0 Å². The Kier molecular flexibility index (Phi) is 3.54. The fourth-order valence-electron chi connectivity index (χ4n) is 1.76. The zero-order valence-corrected chi connectivity index (χ0v) is 9.18. The summed E-state index contributed by atoms with van der Waals surface area (Å²) in [5.41, 5.74) is 1.17. The van der Waals surface area contributed by atoms with Crippen LogP contribution in [0.3, 0.4) is 0 Å². The van der Waals surface area contributed by atoms with Crippen molar-refractivity contribution in [1.29, 1.82) is 0 Å². The Balaban J connectivity index is 1.93. The van der Waals surface area contributed by atoms with Crippen LogP contribution in [0.5, 0.6) is 0 Å². The average molecular weight is 221 g/mol. The lowest BCUT2D eigenvalue weighted by Gasteiger charge is -2.29. The first-order valence-corrected chi connectivity index (χ1v) is 5.29. The summed E-state index contributed by atoms with van der Waals surface area (Å²) >= 11 is 0. The number of methoxy groups -OCH3 is 1. The van der Waals surface area contributed by atoms with Crippen molar-refractivity contribution in [3.05, 3.63) is 35.9 Å². The number of rotatable bonds is 2. The van der Waals surface area contributed by atoms with Gasteiger partial charge in [0, 0.05) is 6.54 Å². The van der Waals surface area contributed by atoms with Crippen LogP contribution in [0.25, 0.3) is 0 Å². The van der Waals surface area contributed by atoms with E-state index in [4.69, 9.17) is 4.74 Å². The molecule has 1 aromatic rings. The fraction of sp³-hybridized carbons (Fsp3) is 0.417. The maximum absolute atomic E-state index is 11.2. The molecule has 1 aliphatic rings. The smallest absolute Gasteiger partial charge is 0.336 e. The summed E-state index contributed by atoms with van der Waals surface area (Å²) in [5.74, 6) is -0.320. The second-order valence-corrected chi connectivity index (χ2v) is 3.72. The molecule has 0 bridgehead atoms. The van der Waals surface area contributed by atoms with Gasteiger partial charge in [-0.15, -0.1) is 0 Å². The highest BCUT2D eigenvalue weighted by molar-refractivity contribution is 5.74. The highest BCUT2D eigenvalue weighted by atomic mass is 16.6. The Morgan fingerprint density at radius 1 is 1.44 bits per heavy atom. The normalized spacial score (nSPS) is 25.1. The third kappa shape index (κ3) is 2.40. The van der Waals surface area contributed by atoms with E-state index in [0.717, 1.165) is 0 Å². The molecule has 2 rings (SSSR count). The molecule has 0 spiro atoms. The van der Waals surface area contributed by atoms with E-state index in [1.807, 2.05) is 30.3 Å². The van der Waals surface area contributed by atoms with E-state index < -0.39 is 6.10 Å². The molecule has 1 aromatic carbocycles. The minimum Gasteiger partial charge on any atom is -0.467 e. The van der Waals surface area contributed by atoms with Gasteiger partial charge in [0.2, 0.25) is 0 Å². The van der Waals surface area contributed by atoms with E-state index >= 15 is 0 Å². The molecule has 2 atom stereocenters. The standard InChI is InChI=1S/C12H15NO3/c1-15-12(14)11-7-13-10(8-16-11)9-5-3-2-4-6-9/h2-6,10-11,13H,7-8H2,1H3.